The van der Waals surface area contributed by atoms with Gasteiger partial charge in [0.1, 0.15) is 5.75 Å². The van der Waals surface area contributed by atoms with Gasteiger partial charge in [0.15, 0.2) is 0 Å². The third-order valence-electron chi connectivity index (χ3n) is 6.18. The third-order valence-corrected chi connectivity index (χ3v) is 8.33. The predicted molar refractivity (Wildman–Crippen MR) is 139 cm³/mol. The number of halogens is 2. The van der Waals surface area contributed by atoms with Crippen molar-refractivity contribution in [3.8, 4) is 5.75 Å². The summed E-state index contributed by atoms with van der Waals surface area (Å²) >= 11 is 12.2. The van der Waals surface area contributed by atoms with Crippen LogP contribution in [0.3, 0.4) is 0 Å². The van der Waals surface area contributed by atoms with E-state index in [0.717, 1.165) is 61.8 Å². The van der Waals surface area contributed by atoms with Gasteiger partial charge in [0.05, 0.1) is 11.5 Å². The number of rotatable bonds is 11. The number of aryl methyl sites for hydroxylation is 1. The molecule has 0 saturated carbocycles. The number of aromatic amines is 1. The number of ether oxygens (including phenoxy) is 1. The van der Waals surface area contributed by atoms with Gasteiger partial charge in [-0.25, -0.2) is 13.1 Å². The van der Waals surface area contributed by atoms with Crippen LogP contribution in [0.5, 0.6) is 5.75 Å². The van der Waals surface area contributed by atoms with E-state index in [1.165, 1.54) is 0 Å². The van der Waals surface area contributed by atoms with Crippen LogP contribution in [0.2, 0.25) is 5.02 Å². The van der Waals surface area contributed by atoms with E-state index in [2.05, 4.69) is 14.6 Å². The van der Waals surface area contributed by atoms with E-state index in [4.69, 9.17) is 27.9 Å². The molecule has 2 heterocycles. The van der Waals surface area contributed by atoms with Gasteiger partial charge in [0, 0.05) is 40.6 Å². The van der Waals surface area contributed by atoms with Crippen molar-refractivity contribution in [3.63, 3.8) is 0 Å². The van der Waals surface area contributed by atoms with Crippen LogP contribution in [0.4, 0.5) is 0 Å². The van der Waals surface area contributed by atoms with Crippen LogP contribution >= 0.6 is 23.2 Å². The van der Waals surface area contributed by atoms with E-state index in [9.17, 15) is 8.42 Å². The number of H-pyrrole nitrogens is 1. The Morgan fingerprint density at radius 2 is 1.85 bits per heavy atom. The molecule has 0 atom stereocenters. The summed E-state index contributed by atoms with van der Waals surface area (Å²) in [5.41, 5.74) is 2.15. The molecule has 1 aromatic heterocycles. The molecule has 0 radical (unpaired) electrons. The Kier molecular flexibility index (Phi) is 8.77. The van der Waals surface area contributed by atoms with Crippen LogP contribution in [0.25, 0.3) is 10.9 Å². The number of piperidine rings is 1. The summed E-state index contributed by atoms with van der Waals surface area (Å²) in [6, 6.07) is 12.3. The first-order valence-electron chi connectivity index (χ1n) is 11.8. The number of alkyl halides is 1. The second-order valence-corrected chi connectivity index (χ2v) is 11.5. The fraction of sp³-hybridized carbons (Fsp3) is 0.440. The van der Waals surface area contributed by atoms with Crippen LogP contribution in [0.1, 0.15) is 31.2 Å². The first-order valence-corrected chi connectivity index (χ1v) is 14.0. The van der Waals surface area contributed by atoms with Gasteiger partial charge in [-0.3, -0.25) is 0 Å². The highest BCUT2D eigenvalue weighted by atomic mass is 35.5. The molecule has 9 heteroatoms. The molecule has 1 aliphatic rings. The number of sulfonamides is 1. The van der Waals surface area contributed by atoms with Gasteiger partial charge in [0.2, 0.25) is 10.0 Å². The van der Waals surface area contributed by atoms with E-state index in [-0.39, 0.29) is 4.90 Å². The molecule has 34 heavy (non-hydrogen) atoms. The molecule has 1 aliphatic heterocycles. The molecule has 2 aromatic carbocycles. The summed E-state index contributed by atoms with van der Waals surface area (Å²) in [4.78, 5) is 5.88. The number of fused-ring (bicyclic) bond motifs is 1. The first kappa shape index (κ1) is 25.3. The van der Waals surface area contributed by atoms with Crippen LogP contribution in [0.15, 0.2) is 53.6 Å². The second kappa shape index (κ2) is 11.8. The Bertz CT molecular complexity index is 1170. The van der Waals surface area contributed by atoms with E-state index in [1.807, 2.05) is 24.4 Å². The molecule has 0 unspecified atom stereocenters. The van der Waals surface area contributed by atoms with Crippen molar-refractivity contribution in [1.29, 1.82) is 0 Å². The van der Waals surface area contributed by atoms with Gasteiger partial charge < -0.3 is 14.6 Å². The van der Waals surface area contributed by atoms with Gasteiger partial charge in [0.25, 0.3) is 0 Å². The molecule has 6 nitrogen and oxygen atoms in total. The summed E-state index contributed by atoms with van der Waals surface area (Å²) in [7, 11) is -3.56. The lowest BCUT2D eigenvalue weighted by Crippen LogP contribution is -2.35. The number of nitrogens with zero attached hydrogens (tertiary/aromatic N) is 1. The fourth-order valence-corrected chi connectivity index (χ4v) is 5.69. The maximum Gasteiger partial charge on any atom is 0.240 e. The summed E-state index contributed by atoms with van der Waals surface area (Å²) in [6.45, 7) is 4.04. The summed E-state index contributed by atoms with van der Waals surface area (Å²) in [5.74, 6) is 0.677. The molecule has 2 N–H and O–H groups in total. The number of nitrogens with one attached hydrogen (secondary N) is 2. The fourth-order valence-electron chi connectivity index (χ4n) is 4.24. The molecule has 0 aliphatic carbocycles. The molecule has 1 saturated heterocycles. The zero-order valence-electron chi connectivity index (χ0n) is 19.1. The largest absolute Gasteiger partial charge is 0.494 e. The normalized spacial score (nSPS) is 15.7. The molecular formula is C25H31Cl2N3O3S. The van der Waals surface area contributed by atoms with E-state index in [0.29, 0.717) is 35.7 Å². The zero-order valence-corrected chi connectivity index (χ0v) is 21.4. The molecule has 0 spiro atoms. The van der Waals surface area contributed by atoms with Crippen molar-refractivity contribution >= 4 is 44.1 Å². The average molecular weight is 525 g/mol. The molecular weight excluding hydrogens is 493 g/mol. The van der Waals surface area contributed by atoms with Crippen molar-refractivity contribution in [2.24, 2.45) is 0 Å². The van der Waals surface area contributed by atoms with Crippen LogP contribution in [0, 0.1) is 0 Å². The lowest BCUT2D eigenvalue weighted by molar-refractivity contribution is 0.206. The Morgan fingerprint density at radius 3 is 2.62 bits per heavy atom. The minimum atomic E-state index is -3.56. The Balaban J connectivity index is 1.19. The average Bonchev–Trinajstić information content (AvgIpc) is 3.23. The molecule has 3 aromatic rings. The number of aromatic nitrogens is 1. The highest BCUT2D eigenvalue weighted by molar-refractivity contribution is 7.89. The highest BCUT2D eigenvalue weighted by Crippen LogP contribution is 2.23. The van der Waals surface area contributed by atoms with Gasteiger partial charge in [-0.2, -0.15) is 0 Å². The van der Waals surface area contributed by atoms with Crippen molar-refractivity contribution < 1.29 is 13.2 Å². The summed E-state index contributed by atoms with van der Waals surface area (Å²) in [5, 5.41) is 2.08. The van der Waals surface area contributed by atoms with Crippen LogP contribution in [-0.2, 0) is 16.4 Å². The maximum absolute atomic E-state index is 12.6. The molecule has 184 valence electrons. The van der Waals surface area contributed by atoms with Gasteiger partial charge >= 0.3 is 0 Å². The van der Waals surface area contributed by atoms with E-state index in [1.54, 1.807) is 24.3 Å². The number of hydrogen-bond acceptors (Lipinski definition) is 4. The molecule has 0 bridgehead atoms. The lowest BCUT2D eigenvalue weighted by Gasteiger charge is -2.28. The highest BCUT2D eigenvalue weighted by Gasteiger charge is 2.17. The summed E-state index contributed by atoms with van der Waals surface area (Å²) < 4.78 is 33.7. The van der Waals surface area contributed by atoms with E-state index >= 15 is 0 Å². The Labute approximate surface area is 211 Å². The Hall–Kier alpha value is -1.77. The zero-order chi connectivity index (χ0) is 24.0. The SMILES string of the molecule is O=S(=O)(NCCCc1c[nH]c2ccc(Cl)cc12)c1ccc(OCCCN2CCC(Cl)CC2)cc1. The van der Waals surface area contributed by atoms with Crippen molar-refractivity contribution in [2.75, 3.05) is 32.8 Å². The van der Waals surface area contributed by atoms with E-state index < -0.39 is 10.0 Å². The lowest BCUT2D eigenvalue weighted by atomic mass is 10.1. The minimum absolute atomic E-state index is 0.239. The predicted octanol–water partition coefficient (Wildman–Crippen LogP) is 5.20. The number of hydrogen-bond donors (Lipinski definition) is 2. The first-order chi connectivity index (χ1) is 16.4. The quantitative estimate of drug-likeness (QED) is 0.267. The standard InChI is InChI=1S/C25H31Cl2N3O3S/c26-20-10-14-30(15-11-20)13-2-16-33-22-5-7-23(8-6-22)34(31,32)29-12-1-3-19-18-28-25-9-4-21(27)17-24(19)25/h4-9,17-18,20,28-29H,1-3,10-16H2. The van der Waals surface area contributed by atoms with Crippen molar-refractivity contribution in [1.82, 2.24) is 14.6 Å². The van der Waals surface area contributed by atoms with Gasteiger partial charge in [-0.1, -0.05) is 11.6 Å². The molecule has 0 amide bonds. The smallest absolute Gasteiger partial charge is 0.240 e. The number of likely N-dealkylation sites (tertiary alicyclic amines) is 1. The van der Waals surface area contributed by atoms with Crippen molar-refractivity contribution in [2.45, 2.75) is 42.4 Å². The third kappa shape index (κ3) is 6.89. The second-order valence-electron chi connectivity index (χ2n) is 8.69. The summed E-state index contributed by atoms with van der Waals surface area (Å²) in [6.07, 6.45) is 6.41. The van der Waals surface area contributed by atoms with Crippen molar-refractivity contribution in [3.05, 3.63) is 59.2 Å². The molecule has 4 rings (SSSR count). The van der Waals surface area contributed by atoms with Crippen LogP contribution in [-0.4, -0.2) is 56.5 Å². The topological polar surface area (TPSA) is 74.4 Å². The number of benzene rings is 2. The van der Waals surface area contributed by atoms with Gasteiger partial charge in [-0.05, 0) is 93.2 Å². The maximum atomic E-state index is 12.6. The van der Waals surface area contributed by atoms with Gasteiger partial charge in [-0.15, -0.1) is 11.6 Å². The minimum Gasteiger partial charge on any atom is -0.494 e. The Morgan fingerprint density at radius 1 is 1.09 bits per heavy atom. The molecule has 1 fully saturated rings. The van der Waals surface area contributed by atoms with Crippen LogP contribution < -0.4 is 9.46 Å². The monoisotopic (exact) mass is 523 g/mol.